The Morgan fingerprint density at radius 1 is 1.47 bits per heavy atom. The van der Waals surface area contributed by atoms with Gasteiger partial charge in [0.05, 0.1) is 5.54 Å². The van der Waals surface area contributed by atoms with Crippen molar-refractivity contribution < 1.29 is 4.79 Å². The van der Waals surface area contributed by atoms with Crippen LogP contribution in [0.5, 0.6) is 0 Å². The highest BCUT2D eigenvalue weighted by Crippen LogP contribution is 2.12. The molecule has 4 nitrogen and oxygen atoms in total. The molecule has 1 aromatic rings. The lowest BCUT2D eigenvalue weighted by molar-refractivity contribution is 0.0921. The molecule has 0 bridgehead atoms. The molecular weight excluding hydrogens is 352 g/mol. The summed E-state index contributed by atoms with van der Waals surface area (Å²) in [5, 5.41) is 4.01. The van der Waals surface area contributed by atoms with E-state index < -0.39 is 5.54 Å². The summed E-state index contributed by atoms with van der Waals surface area (Å²) in [6.07, 6.45) is 1.44. The van der Waals surface area contributed by atoms with Gasteiger partial charge in [-0.15, -0.1) is 0 Å². The van der Waals surface area contributed by atoms with Gasteiger partial charge in [-0.3, -0.25) is 9.59 Å². The van der Waals surface area contributed by atoms with Crippen molar-refractivity contribution in [1.29, 1.82) is 0 Å². The minimum absolute atomic E-state index is 0.128. The fourth-order valence-corrected chi connectivity index (χ4v) is 2.40. The first kappa shape index (κ1) is 14.4. The van der Waals surface area contributed by atoms with Crippen LogP contribution in [0.25, 0.3) is 0 Å². The molecule has 1 aromatic heterocycles. The highest BCUT2D eigenvalue weighted by Gasteiger charge is 2.25. The largest absolute Gasteiger partial charge is 0.364 e. The zero-order chi connectivity index (χ0) is 13.1. The number of amides is 1. The average Bonchev–Trinajstić information content (AvgIpc) is 2.28. The van der Waals surface area contributed by atoms with E-state index in [1.165, 1.54) is 12.3 Å². The molecule has 2 N–H and O–H groups in total. The fourth-order valence-electron chi connectivity index (χ4n) is 1.19. The zero-order valence-corrected chi connectivity index (χ0v) is 12.8. The minimum atomic E-state index is -0.422. The number of hydrogen-bond acceptors (Lipinski definition) is 2. The third-order valence-electron chi connectivity index (χ3n) is 2.31. The normalized spacial score (nSPS) is 11.3. The van der Waals surface area contributed by atoms with Crippen LogP contribution in [0.3, 0.4) is 0 Å². The summed E-state index contributed by atoms with van der Waals surface area (Å²) in [5.74, 6) is -0.368. The van der Waals surface area contributed by atoms with Gasteiger partial charge in [0.2, 0.25) is 0 Å². The maximum Gasteiger partial charge on any atom is 0.257 e. The summed E-state index contributed by atoms with van der Waals surface area (Å²) in [6.45, 7) is 3.65. The van der Waals surface area contributed by atoms with Crippen LogP contribution in [-0.2, 0) is 0 Å². The van der Waals surface area contributed by atoms with Gasteiger partial charge in [-0.25, -0.2) is 0 Å². The number of halogens is 2. The predicted octanol–water partition coefficient (Wildman–Crippen LogP) is 1.96. The Bertz CT molecular complexity index is 467. The van der Waals surface area contributed by atoms with Crippen LogP contribution >= 0.6 is 31.9 Å². The summed E-state index contributed by atoms with van der Waals surface area (Å²) in [6, 6.07) is 1.41. The van der Waals surface area contributed by atoms with Crippen molar-refractivity contribution in [2.24, 2.45) is 0 Å². The summed E-state index contributed by atoms with van der Waals surface area (Å²) in [5.41, 5.74) is 0.165. The Morgan fingerprint density at radius 3 is 2.53 bits per heavy atom. The minimum Gasteiger partial charge on any atom is -0.364 e. The molecule has 0 fully saturated rings. The van der Waals surface area contributed by atoms with Crippen molar-refractivity contribution in [3.8, 4) is 0 Å². The highest BCUT2D eigenvalue weighted by atomic mass is 79.9. The van der Waals surface area contributed by atoms with Crippen molar-refractivity contribution in [3.63, 3.8) is 0 Å². The van der Waals surface area contributed by atoms with Crippen LogP contribution in [0, 0.1) is 6.92 Å². The number of H-pyrrole nitrogens is 1. The van der Waals surface area contributed by atoms with Gasteiger partial charge in [0.25, 0.3) is 5.91 Å². The number of aryl methyl sites for hydroxylation is 1. The maximum atomic E-state index is 11.9. The van der Waals surface area contributed by atoms with E-state index in [0.717, 1.165) is 5.69 Å². The van der Waals surface area contributed by atoms with Crippen molar-refractivity contribution in [3.05, 3.63) is 33.7 Å². The molecule has 1 rings (SSSR count). The third kappa shape index (κ3) is 3.67. The maximum absolute atomic E-state index is 11.9. The second kappa shape index (κ2) is 5.82. The molecule has 0 aliphatic rings. The standard InChI is InChI=1S/C11H14Br2N2O2/c1-7-3-9(16)8(4-14-7)10(17)15-11(2,5-12)6-13/h3-4H,5-6H2,1-2H3,(H,14,16)(H,15,17). The van der Waals surface area contributed by atoms with Crippen molar-refractivity contribution in [2.45, 2.75) is 19.4 Å². The van der Waals surface area contributed by atoms with Crippen LogP contribution in [0.15, 0.2) is 17.1 Å². The molecule has 1 amide bonds. The topological polar surface area (TPSA) is 62.0 Å². The van der Waals surface area contributed by atoms with Gasteiger partial charge in [-0.2, -0.15) is 0 Å². The number of rotatable bonds is 4. The molecule has 0 saturated carbocycles. The molecule has 17 heavy (non-hydrogen) atoms. The summed E-state index contributed by atoms with van der Waals surface area (Å²) < 4.78 is 0. The lowest BCUT2D eigenvalue weighted by atomic mass is 10.1. The smallest absolute Gasteiger partial charge is 0.257 e. The summed E-state index contributed by atoms with van der Waals surface area (Å²) in [4.78, 5) is 26.4. The second-order valence-corrected chi connectivity index (χ2v) is 5.30. The molecule has 6 heteroatoms. The monoisotopic (exact) mass is 364 g/mol. The van der Waals surface area contributed by atoms with Crippen LogP contribution in [0.2, 0.25) is 0 Å². The van der Waals surface area contributed by atoms with E-state index in [1.54, 1.807) is 6.92 Å². The van der Waals surface area contributed by atoms with Crippen molar-refractivity contribution in [2.75, 3.05) is 10.7 Å². The van der Waals surface area contributed by atoms with Crippen molar-refractivity contribution >= 4 is 37.8 Å². The molecule has 0 aliphatic carbocycles. The third-order valence-corrected chi connectivity index (χ3v) is 4.78. The number of aromatic nitrogens is 1. The van der Waals surface area contributed by atoms with Crippen LogP contribution in [0.1, 0.15) is 23.0 Å². The lowest BCUT2D eigenvalue weighted by Crippen LogP contribution is -2.49. The number of hydrogen-bond donors (Lipinski definition) is 2. The Kier molecular flexibility index (Phi) is 4.94. The molecule has 0 spiro atoms. The zero-order valence-electron chi connectivity index (χ0n) is 9.64. The molecule has 0 saturated heterocycles. The number of nitrogens with one attached hydrogen (secondary N) is 2. The Morgan fingerprint density at radius 2 is 2.06 bits per heavy atom. The van der Waals surface area contributed by atoms with E-state index in [-0.39, 0.29) is 16.9 Å². The van der Waals surface area contributed by atoms with Crippen LogP contribution < -0.4 is 10.7 Å². The number of carbonyl (C=O) groups excluding carboxylic acids is 1. The Hall–Kier alpha value is -0.620. The van der Waals surface area contributed by atoms with Gasteiger partial charge in [-0.05, 0) is 13.8 Å². The van der Waals surface area contributed by atoms with Crippen LogP contribution in [-0.4, -0.2) is 27.1 Å². The first-order valence-corrected chi connectivity index (χ1v) is 7.30. The van der Waals surface area contributed by atoms with E-state index in [9.17, 15) is 9.59 Å². The molecule has 0 aromatic carbocycles. The van der Waals surface area contributed by atoms with Crippen LogP contribution in [0.4, 0.5) is 0 Å². The van der Waals surface area contributed by atoms with Gasteiger partial charge in [-0.1, -0.05) is 31.9 Å². The summed E-state index contributed by atoms with van der Waals surface area (Å²) in [7, 11) is 0. The molecule has 94 valence electrons. The number of carbonyl (C=O) groups is 1. The fraction of sp³-hybridized carbons (Fsp3) is 0.455. The number of pyridine rings is 1. The molecule has 0 atom stereocenters. The number of alkyl halides is 2. The quantitative estimate of drug-likeness (QED) is 0.801. The van der Waals surface area contributed by atoms with E-state index in [4.69, 9.17) is 0 Å². The van der Waals surface area contributed by atoms with E-state index >= 15 is 0 Å². The lowest BCUT2D eigenvalue weighted by Gasteiger charge is -2.26. The molecule has 0 unspecified atom stereocenters. The molecular formula is C11H14Br2N2O2. The van der Waals surface area contributed by atoms with Crippen molar-refractivity contribution in [1.82, 2.24) is 10.3 Å². The second-order valence-electron chi connectivity index (χ2n) is 4.18. The first-order chi connectivity index (χ1) is 7.91. The average molecular weight is 366 g/mol. The molecule has 0 aliphatic heterocycles. The number of aromatic amines is 1. The van der Waals surface area contributed by atoms with E-state index in [1.807, 2.05) is 6.92 Å². The Balaban J connectivity index is 2.94. The van der Waals surface area contributed by atoms with E-state index in [2.05, 4.69) is 42.2 Å². The predicted molar refractivity (Wildman–Crippen MR) is 75.3 cm³/mol. The van der Waals surface area contributed by atoms with Gasteiger partial charge in [0.1, 0.15) is 5.56 Å². The van der Waals surface area contributed by atoms with Gasteiger partial charge < -0.3 is 10.3 Å². The summed E-state index contributed by atoms with van der Waals surface area (Å²) >= 11 is 6.67. The Labute approximate surface area is 116 Å². The molecule has 1 heterocycles. The van der Waals surface area contributed by atoms with Gasteiger partial charge >= 0.3 is 0 Å². The first-order valence-electron chi connectivity index (χ1n) is 5.05. The van der Waals surface area contributed by atoms with E-state index in [0.29, 0.717) is 10.7 Å². The van der Waals surface area contributed by atoms with Gasteiger partial charge in [0.15, 0.2) is 5.43 Å². The SMILES string of the molecule is Cc1cc(=O)c(C(=O)NC(C)(CBr)CBr)c[nH]1. The highest BCUT2D eigenvalue weighted by molar-refractivity contribution is 9.09. The molecule has 0 radical (unpaired) electrons. The van der Waals surface area contributed by atoms with Gasteiger partial charge in [0, 0.05) is 28.6 Å².